The van der Waals surface area contributed by atoms with Crippen LogP contribution in [0.25, 0.3) is 6.08 Å². The van der Waals surface area contributed by atoms with Crippen LogP contribution < -0.4 is 9.47 Å². The first-order valence-corrected chi connectivity index (χ1v) is 12.9. The molecule has 1 aliphatic carbocycles. The van der Waals surface area contributed by atoms with Crippen LogP contribution in [-0.4, -0.2) is 29.8 Å². The van der Waals surface area contributed by atoms with Gasteiger partial charge in [-0.2, -0.15) is 5.10 Å². The summed E-state index contributed by atoms with van der Waals surface area (Å²) in [4.78, 5) is 13.7. The average Bonchev–Trinajstić information content (AvgIpc) is 3.31. The Morgan fingerprint density at radius 2 is 1.57 bits per heavy atom. The van der Waals surface area contributed by atoms with Crippen LogP contribution in [0.2, 0.25) is 0 Å². The number of benzene rings is 3. The van der Waals surface area contributed by atoms with Crippen LogP contribution in [0, 0.1) is 11.7 Å². The zero-order chi connectivity index (χ0) is 25.8. The van der Waals surface area contributed by atoms with Crippen molar-refractivity contribution in [3.8, 4) is 11.5 Å². The van der Waals surface area contributed by atoms with Crippen molar-refractivity contribution in [1.82, 2.24) is 5.01 Å². The first-order valence-electron chi connectivity index (χ1n) is 12.9. The van der Waals surface area contributed by atoms with E-state index in [1.807, 2.05) is 62.4 Å². The number of halogens is 1. The van der Waals surface area contributed by atoms with Crippen molar-refractivity contribution in [2.45, 2.75) is 39.2 Å². The predicted octanol–water partition coefficient (Wildman–Crippen LogP) is 7.06. The lowest BCUT2D eigenvalue weighted by atomic mass is 9.77. The van der Waals surface area contributed by atoms with Crippen molar-refractivity contribution >= 4 is 17.7 Å². The molecule has 37 heavy (non-hydrogen) atoms. The van der Waals surface area contributed by atoms with E-state index in [1.54, 1.807) is 5.01 Å². The van der Waals surface area contributed by atoms with E-state index in [0.29, 0.717) is 18.8 Å². The number of ether oxygens (including phenoxy) is 2. The molecule has 0 unspecified atom stereocenters. The summed E-state index contributed by atoms with van der Waals surface area (Å²) in [6, 6.07) is 21.4. The van der Waals surface area contributed by atoms with Crippen LogP contribution >= 0.6 is 0 Å². The SMILES string of the molecule is CCOc1ccc(/C=C2/CCC[C@H]3C2=NN(C(=O)c2ccc(F)cc2)[C@@H]3c2ccc(OCC)cc2)cc1. The van der Waals surface area contributed by atoms with Crippen LogP contribution in [0.15, 0.2) is 83.5 Å². The number of carbonyl (C=O) groups is 1. The van der Waals surface area contributed by atoms with E-state index in [-0.39, 0.29) is 23.7 Å². The zero-order valence-electron chi connectivity index (χ0n) is 21.2. The third kappa shape index (κ3) is 5.29. The minimum absolute atomic E-state index is 0.0741. The Labute approximate surface area is 217 Å². The molecule has 0 saturated heterocycles. The highest BCUT2D eigenvalue weighted by Gasteiger charge is 2.44. The largest absolute Gasteiger partial charge is 0.494 e. The molecule has 1 aliphatic heterocycles. The normalized spacial score (nSPS) is 19.9. The average molecular weight is 499 g/mol. The summed E-state index contributed by atoms with van der Waals surface area (Å²) in [5.74, 6) is 1.10. The molecule has 3 aromatic carbocycles. The molecule has 1 heterocycles. The van der Waals surface area contributed by atoms with Crippen LogP contribution in [0.4, 0.5) is 4.39 Å². The van der Waals surface area contributed by atoms with E-state index in [2.05, 4.69) is 6.08 Å². The van der Waals surface area contributed by atoms with E-state index >= 15 is 0 Å². The molecule has 0 aromatic heterocycles. The van der Waals surface area contributed by atoms with Crippen molar-refractivity contribution < 1.29 is 18.7 Å². The second kappa shape index (κ2) is 11.0. The van der Waals surface area contributed by atoms with Gasteiger partial charge in [0.05, 0.1) is 25.0 Å². The molecule has 0 bridgehead atoms. The number of nitrogens with zero attached hydrogens (tertiary/aromatic N) is 2. The molecule has 0 radical (unpaired) electrons. The molecule has 0 N–H and O–H groups in total. The van der Waals surface area contributed by atoms with Gasteiger partial charge in [0.15, 0.2) is 0 Å². The van der Waals surface area contributed by atoms with Gasteiger partial charge >= 0.3 is 0 Å². The van der Waals surface area contributed by atoms with Crippen LogP contribution in [0.5, 0.6) is 11.5 Å². The lowest BCUT2D eigenvalue weighted by Gasteiger charge is -2.29. The molecule has 0 spiro atoms. The molecule has 5 rings (SSSR count). The highest BCUT2D eigenvalue weighted by Crippen LogP contribution is 2.45. The third-order valence-corrected chi connectivity index (χ3v) is 6.87. The molecule has 1 fully saturated rings. The number of carbonyl (C=O) groups excluding carboxylic acids is 1. The first kappa shape index (κ1) is 24.8. The number of fused-ring (bicyclic) bond motifs is 1. The number of allylic oxidation sites excluding steroid dienone is 1. The van der Waals surface area contributed by atoms with Gasteiger partial charge in [0.1, 0.15) is 17.3 Å². The Balaban J connectivity index is 1.52. The van der Waals surface area contributed by atoms with Gasteiger partial charge in [0.25, 0.3) is 5.91 Å². The van der Waals surface area contributed by atoms with Gasteiger partial charge in [-0.25, -0.2) is 9.40 Å². The maximum absolute atomic E-state index is 13.7. The van der Waals surface area contributed by atoms with Crippen LogP contribution in [0.3, 0.4) is 0 Å². The van der Waals surface area contributed by atoms with E-state index < -0.39 is 0 Å². The third-order valence-electron chi connectivity index (χ3n) is 6.87. The summed E-state index contributed by atoms with van der Waals surface area (Å²) in [6.45, 7) is 5.14. The van der Waals surface area contributed by atoms with E-state index in [0.717, 1.165) is 53.2 Å². The first-order chi connectivity index (χ1) is 18.1. The van der Waals surface area contributed by atoms with Gasteiger partial charge in [-0.3, -0.25) is 4.79 Å². The molecule has 5 nitrogen and oxygen atoms in total. The van der Waals surface area contributed by atoms with E-state index in [1.165, 1.54) is 24.3 Å². The molecule has 190 valence electrons. The standard InChI is InChI=1S/C31H31FN2O3/c1-3-36-26-16-8-21(9-17-26)20-24-6-5-7-28-29(24)33-34(31(35)23-10-14-25(32)15-11-23)30(28)22-12-18-27(19-13-22)37-4-2/h8-20,28,30H,3-7H2,1-2H3/b24-20-/t28-,30+/m0/s1. The molecule has 1 saturated carbocycles. The number of hydrogen-bond acceptors (Lipinski definition) is 4. The van der Waals surface area contributed by atoms with Crippen LogP contribution in [0.1, 0.15) is 60.6 Å². The van der Waals surface area contributed by atoms with Gasteiger partial charge in [0, 0.05) is 11.5 Å². The smallest absolute Gasteiger partial charge is 0.274 e. The summed E-state index contributed by atoms with van der Waals surface area (Å²) < 4.78 is 24.8. The second-order valence-corrected chi connectivity index (χ2v) is 9.26. The highest BCUT2D eigenvalue weighted by atomic mass is 19.1. The Morgan fingerprint density at radius 3 is 2.19 bits per heavy atom. The fraction of sp³-hybridized carbons (Fsp3) is 0.290. The van der Waals surface area contributed by atoms with Gasteiger partial charge in [0.2, 0.25) is 0 Å². The van der Waals surface area contributed by atoms with Gasteiger partial charge in [-0.15, -0.1) is 0 Å². The molecular formula is C31H31FN2O3. The van der Waals surface area contributed by atoms with E-state index in [9.17, 15) is 9.18 Å². The maximum Gasteiger partial charge on any atom is 0.274 e. The highest BCUT2D eigenvalue weighted by molar-refractivity contribution is 6.09. The summed E-state index contributed by atoms with van der Waals surface area (Å²) >= 11 is 0. The minimum atomic E-state index is -0.374. The van der Waals surface area contributed by atoms with Gasteiger partial charge in [-0.1, -0.05) is 24.3 Å². The van der Waals surface area contributed by atoms with Gasteiger partial charge in [-0.05, 0) is 104 Å². The zero-order valence-corrected chi connectivity index (χ0v) is 21.2. The summed E-state index contributed by atoms with van der Waals surface area (Å²) in [6.07, 6.45) is 5.02. The Hall–Kier alpha value is -3.93. The van der Waals surface area contributed by atoms with Crippen molar-refractivity contribution in [2.24, 2.45) is 11.0 Å². The lowest BCUT2D eigenvalue weighted by molar-refractivity contribution is 0.0681. The second-order valence-electron chi connectivity index (χ2n) is 9.26. The topological polar surface area (TPSA) is 51.1 Å². The maximum atomic E-state index is 13.7. The molecular weight excluding hydrogens is 467 g/mol. The summed E-state index contributed by atoms with van der Waals surface area (Å²) in [5.41, 5.74) is 4.59. The quantitative estimate of drug-likeness (QED) is 0.350. The van der Waals surface area contributed by atoms with Crippen molar-refractivity contribution in [1.29, 1.82) is 0 Å². The monoisotopic (exact) mass is 498 g/mol. The summed E-state index contributed by atoms with van der Waals surface area (Å²) in [7, 11) is 0. The Kier molecular flexibility index (Phi) is 7.35. The summed E-state index contributed by atoms with van der Waals surface area (Å²) in [5, 5.41) is 6.53. The van der Waals surface area contributed by atoms with E-state index in [4.69, 9.17) is 14.6 Å². The molecule has 3 aromatic rings. The van der Waals surface area contributed by atoms with Crippen LogP contribution in [-0.2, 0) is 0 Å². The number of rotatable bonds is 7. The predicted molar refractivity (Wildman–Crippen MR) is 143 cm³/mol. The molecule has 1 amide bonds. The van der Waals surface area contributed by atoms with Crippen molar-refractivity contribution in [3.63, 3.8) is 0 Å². The Bertz CT molecular complexity index is 1300. The number of hydrogen-bond donors (Lipinski definition) is 0. The minimum Gasteiger partial charge on any atom is -0.494 e. The molecule has 6 heteroatoms. The van der Waals surface area contributed by atoms with Crippen molar-refractivity contribution in [2.75, 3.05) is 13.2 Å². The molecule has 2 atom stereocenters. The van der Waals surface area contributed by atoms with Crippen molar-refractivity contribution in [3.05, 3.63) is 101 Å². The van der Waals surface area contributed by atoms with Gasteiger partial charge < -0.3 is 9.47 Å². The number of hydrazone groups is 1. The lowest BCUT2D eigenvalue weighted by Crippen LogP contribution is -2.31. The Morgan fingerprint density at radius 1 is 0.946 bits per heavy atom. The molecule has 2 aliphatic rings. The fourth-order valence-corrected chi connectivity index (χ4v) is 5.18. The number of amides is 1. The fourth-order valence-electron chi connectivity index (χ4n) is 5.18.